The molecule has 2 aromatic carbocycles. The number of anilines is 2. The van der Waals surface area contributed by atoms with Gasteiger partial charge in [-0.05, 0) is 49.4 Å². The van der Waals surface area contributed by atoms with Crippen LogP contribution in [0.5, 0.6) is 5.75 Å². The van der Waals surface area contributed by atoms with Gasteiger partial charge in [-0.3, -0.25) is 4.98 Å². The second-order valence-corrected chi connectivity index (χ2v) is 5.26. The van der Waals surface area contributed by atoms with E-state index in [4.69, 9.17) is 16.3 Å². The number of ether oxygens (including phenoxy) is 1. The van der Waals surface area contributed by atoms with Gasteiger partial charge in [0.25, 0.3) is 0 Å². The molecule has 3 rings (SSSR count). The molecule has 1 heterocycles. The van der Waals surface area contributed by atoms with Crippen LogP contribution in [-0.4, -0.2) is 12.1 Å². The van der Waals surface area contributed by atoms with Crippen molar-refractivity contribution in [3.8, 4) is 5.75 Å². The van der Waals surface area contributed by atoms with Crippen LogP contribution in [0.3, 0.4) is 0 Å². The summed E-state index contributed by atoms with van der Waals surface area (Å²) in [5.41, 5.74) is 3.86. The summed E-state index contributed by atoms with van der Waals surface area (Å²) in [6, 6.07) is 15.6. The molecule has 0 fully saturated rings. The monoisotopic (exact) mass is 298 g/mol. The van der Waals surface area contributed by atoms with Crippen LogP contribution in [0.2, 0.25) is 5.02 Å². The molecule has 0 aliphatic rings. The molecule has 0 radical (unpaired) electrons. The molecular weight excluding hydrogens is 284 g/mol. The van der Waals surface area contributed by atoms with E-state index in [1.165, 1.54) is 0 Å². The highest BCUT2D eigenvalue weighted by molar-refractivity contribution is 6.30. The number of aryl methyl sites for hydroxylation is 1. The lowest BCUT2D eigenvalue weighted by Gasteiger charge is -2.11. The fourth-order valence-electron chi connectivity index (χ4n) is 2.26. The first kappa shape index (κ1) is 13.7. The summed E-state index contributed by atoms with van der Waals surface area (Å²) < 4.78 is 5.26. The van der Waals surface area contributed by atoms with Crippen LogP contribution >= 0.6 is 11.6 Å². The van der Waals surface area contributed by atoms with Gasteiger partial charge < -0.3 is 10.1 Å². The molecule has 0 saturated heterocycles. The predicted octanol–water partition coefficient (Wildman–Crippen LogP) is 4.95. The first-order chi connectivity index (χ1) is 10.2. The van der Waals surface area contributed by atoms with Crippen LogP contribution in [-0.2, 0) is 0 Å². The lowest BCUT2D eigenvalue weighted by atomic mass is 10.1. The van der Waals surface area contributed by atoms with Gasteiger partial charge >= 0.3 is 0 Å². The van der Waals surface area contributed by atoms with Crippen LogP contribution in [0.25, 0.3) is 10.9 Å². The number of hydrogen-bond donors (Lipinski definition) is 1. The third-order valence-corrected chi connectivity index (χ3v) is 3.52. The standard InChI is InChI=1S/C17H15ClN2O/c1-11-9-16(20-13-5-3-12(18)4-6-13)15-8-7-14(21-2)10-17(15)19-11/h3-10H,1-2H3,(H,19,20). The minimum absolute atomic E-state index is 0.723. The number of pyridine rings is 1. The molecule has 0 saturated carbocycles. The minimum Gasteiger partial charge on any atom is -0.497 e. The van der Waals surface area contributed by atoms with Crippen LogP contribution in [0.1, 0.15) is 5.69 Å². The van der Waals surface area contributed by atoms with E-state index >= 15 is 0 Å². The third kappa shape index (κ3) is 2.93. The molecular formula is C17H15ClN2O. The van der Waals surface area contributed by atoms with E-state index in [-0.39, 0.29) is 0 Å². The molecule has 0 amide bonds. The van der Waals surface area contributed by atoms with Crippen molar-refractivity contribution in [2.75, 3.05) is 12.4 Å². The molecule has 0 aliphatic heterocycles. The van der Waals surface area contributed by atoms with Crippen LogP contribution in [0, 0.1) is 6.92 Å². The third-order valence-electron chi connectivity index (χ3n) is 3.27. The average Bonchev–Trinajstić information content (AvgIpc) is 2.48. The van der Waals surface area contributed by atoms with Crippen molar-refractivity contribution in [1.82, 2.24) is 4.98 Å². The van der Waals surface area contributed by atoms with Crippen molar-refractivity contribution in [3.63, 3.8) is 0 Å². The summed E-state index contributed by atoms with van der Waals surface area (Å²) in [6.07, 6.45) is 0. The number of methoxy groups -OCH3 is 1. The van der Waals surface area contributed by atoms with Gasteiger partial charge in [0.2, 0.25) is 0 Å². The number of aromatic nitrogens is 1. The van der Waals surface area contributed by atoms with E-state index in [2.05, 4.69) is 10.3 Å². The number of fused-ring (bicyclic) bond motifs is 1. The lowest BCUT2D eigenvalue weighted by molar-refractivity contribution is 0.415. The van der Waals surface area contributed by atoms with E-state index in [0.717, 1.165) is 38.7 Å². The van der Waals surface area contributed by atoms with Crippen molar-refractivity contribution in [3.05, 3.63) is 59.2 Å². The Morgan fingerprint density at radius 1 is 1.05 bits per heavy atom. The van der Waals surface area contributed by atoms with Crippen molar-refractivity contribution in [1.29, 1.82) is 0 Å². The second-order valence-electron chi connectivity index (χ2n) is 4.83. The van der Waals surface area contributed by atoms with E-state index in [1.807, 2.05) is 55.5 Å². The number of nitrogens with one attached hydrogen (secondary N) is 1. The Hall–Kier alpha value is -2.26. The van der Waals surface area contributed by atoms with Crippen molar-refractivity contribution >= 4 is 33.9 Å². The zero-order chi connectivity index (χ0) is 14.8. The van der Waals surface area contributed by atoms with Gasteiger partial charge in [-0.15, -0.1) is 0 Å². The van der Waals surface area contributed by atoms with Crippen molar-refractivity contribution in [2.45, 2.75) is 6.92 Å². The van der Waals surface area contributed by atoms with Gasteiger partial charge in [0.1, 0.15) is 5.75 Å². The lowest BCUT2D eigenvalue weighted by Crippen LogP contribution is -1.95. The molecule has 3 aromatic rings. The summed E-state index contributed by atoms with van der Waals surface area (Å²) in [4.78, 5) is 4.56. The van der Waals surface area contributed by atoms with Crippen LogP contribution in [0.4, 0.5) is 11.4 Å². The van der Waals surface area contributed by atoms with E-state index in [9.17, 15) is 0 Å². The highest BCUT2D eigenvalue weighted by Gasteiger charge is 2.06. The zero-order valence-electron chi connectivity index (χ0n) is 11.9. The largest absolute Gasteiger partial charge is 0.497 e. The topological polar surface area (TPSA) is 34.1 Å². The molecule has 1 N–H and O–H groups in total. The van der Waals surface area contributed by atoms with E-state index < -0.39 is 0 Å². The second kappa shape index (κ2) is 5.62. The fraction of sp³-hybridized carbons (Fsp3) is 0.118. The summed E-state index contributed by atoms with van der Waals surface area (Å²) in [5.74, 6) is 0.804. The molecule has 0 atom stereocenters. The summed E-state index contributed by atoms with van der Waals surface area (Å²) >= 11 is 5.92. The van der Waals surface area contributed by atoms with Gasteiger partial charge in [-0.25, -0.2) is 0 Å². The van der Waals surface area contributed by atoms with E-state index in [0.29, 0.717) is 0 Å². The molecule has 0 aliphatic carbocycles. The molecule has 3 nitrogen and oxygen atoms in total. The SMILES string of the molecule is COc1ccc2c(Nc3ccc(Cl)cc3)cc(C)nc2c1. The molecule has 0 bridgehead atoms. The predicted molar refractivity (Wildman–Crippen MR) is 87.8 cm³/mol. The Bertz CT molecular complexity index is 785. The van der Waals surface area contributed by atoms with E-state index in [1.54, 1.807) is 7.11 Å². The molecule has 0 unspecified atom stereocenters. The Kier molecular flexibility index (Phi) is 3.67. The fourth-order valence-corrected chi connectivity index (χ4v) is 2.39. The normalized spacial score (nSPS) is 10.6. The number of nitrogens with zero attached hydrogens (tertiary/aromatic N) is 1. The quantitative estimate of drug-likeness (QED) is 0.743. The van der Waals surface area contributed by atoms with Gasteiger partial charge in [0, 0.05) is 33.5 Å². The van der Waals surface area contributed by atoms with Crippen LogP contribution in [0.15, 0.2) is 48.5 Å². The maximum Gasteiger partial charge on any atom is 0.121 e. The highest BCUT2D eigenvalue weighted by Crippen LogP contribution is 2.29. The maximum atomic E-state index is 5.92. The first-order valence-corrected chi connectivity index (χ1v) is 7.01. The Labute approximate surface area is 128 Å². The van der Waals surface area contributed by atoms with Gasteiger partial charge in [-0.1, -0.05) is 11.6 Å². The van der Waals surface area contributed by atoms with Gasteiger partial charge in [0.15, 0.2) is 0 Å². The molecule has 106 valence electrons. The Morgan fingerprint density at radius 3 is 2.52 bits per heavy atom. The van der Waals surface area contributed by atoms with Gasteiger partial charge in [-0.2, -0.15) is 0 Å². The summed E-state index contributed by atoms with van der Waals surface area (Å²) in [6.45, 7) is 1.98. The number of rotatable bonds is 3. The molecule has 1 aromatic heterocycles. The smallest absolute Gasteiger partial charge is 0.121 e. The molecule has 0 spiro atoms. The average molecular weight is 299 g/mol. The molecule has 21 heavy (non-hydrogen) atoms. The number of halogens is 1. The van der Waals surface area contributed by atoms with Gasteiger partial charge in [0.05, 0.1) is 12.6 Å². The number of benzene rings is 2. The van der Waals surface area contributed by atoms with Crippen molar-refractivity contribution in [2.24, 2.45) is 0 Å². The van der Waals surface area contributed by atoms with Crippen LogP contribution < -0.4 is 10.1 Å². The number of hydrogen-bond acceptors (Lipinski definition) is 3. The Morgan fingerprint density at radius 2 is 1.81 bits per heavy atom. The maximum absolute atomic E-state index is 5.92. The zero-order valence-corrected chi connectivity index (χ0v) is 12.6. The highest BCUT2D eigenvalue weighted by atomic mass is 35.5. The molecule has 4 heteroatoms. The summed E-state index contributed by atoms with van der Waals surface area (Å²) in [7, 11) is 1.66. The summed E-state index contributed by atoms with van der Waals surface area (Å²) in [5, 5.41) is 5.19. The Balaban J connectivity index is 2.06. The first-order valence-electron chi connectivity index (χ1n) is 6.64. The minimum atomic E-state index is 0.723. The van der Waals surface area contributed by atoms with Crippen molar-refractivity contribution < 1.29 is 4.74 Å².